The fourth-order valence-electron chi connectivity index (χ4n) is 13.3. The van der Waals surface area contributed by atoms with Crippen molar-refractivity contribution in [2.45, 2.75) is 111 Å². The summed E-state index contributed by atoms with van der Waals surface area (Å²) in [6.45, 7) is 7.06. The van der Waals surface area contributed by atoms with Crippen LogP contribution in [0.1, 0.15) is 93.9 Å². The van der Waals surface area contributed by atoms with Crippen molar-refractivity contribution in [3.63, 3.8) is 0 Å². The van der Waals surface area contributed by atoms with Crippen LogP contribution >= 0.6 is 0 Å². The van der Waals surface area contributed by atoms with E-state index in [0.29, 0.717) is 50.6 Å². The molecular weight excluding hydrogens is 1330 g/mol. The highest BCUT2D eigenvalue weighted by atomic mass is 32.2. The van der Waals surface area contributed by atoms with E-state index in [1.54, 1.807) is 0 Å². The summed E-state index contributed by atoms with van der Waals surface area (Å²) in [5.41, 5.74) is 4.20. The Morgan fingerprint density at radius 3 is 1.27 bits per heavy atom. The number of benzene rings is 6. The van der Waals surface area contributed by atoms with Crippen molar-refractivity contribution in [3.8, 4) is 11.5 Å². The number of rotatable bonds is 27. The van der Waals surface area contributed by atoms with E-state index in [2.05, 4.69) is 70.4 Å². The van der Waals surface area contributed by atoms with Crippen LogP contribution in [0.2, 0.25) is 0 Å². The highest BCUT2D eigenvalue weighted by Gasteiger charge is 2.31. The van der Waals surface area contributed by atoms with Crippen molar-refractivity contribution >= 4 is 68.9 Å². The van der Waals surface area contributed by atoms with Crippen molar-refractivity contribution in [1.82, 2.24) is 40.1 Å². The number of hydrogen-bond donors (Lipinski definition) is 6. The third-order valence-corrected chi connectivity index (χ3v) is 23.3. The van der Waals surface area contributed by atoms with Crippen molar-refractivity contribution in [2.24, 2.45) is 35.5 Å². The van der Waals surface area contributed by atoms with Gasteiger partial charge in [0.05, 0.1) is 31.5 Å². The molecule has 0 spiro atoms. The van der Waals surface area contributed by atoms with Gasteiger partial charge in [0.15, 0.2) is 26.2 Å². The van der Waals surface area contributed by atoms with Gasteiger partial charge in [-0.2, -0.15) is 0 Å². The van der Waals surface area contributed by atoms with E-state index in [1.807, 2.05) is 60.8 Å². The molecule has 0 amide bonds. The van der Waals surface area contributed by atoms with Crippen LogP contribution in [0.4, 0.5) is 17.1 Å². The molecule has 0 atom stereocenters. The Kier molecular flexibility index (Phi) is 25.9. The molecule has 3 saturated carbocycles. The van der Waals surface area contributed by atoms with Gasteiger partial charge in [-0.3, -0.25) is 40.3 Å². The molecule has 6 aromatic carbocycles. The lowest BCUT2D eigenvalue weighted by atomic mass is 9.82. The maximum absolute atomic E-state index is 12.6. The zero-order valence-corrected chi connectivity index (χ0v) is 57.4. The topological polar surface area (TPSA) is 348 Å². The maximum Gasteiger partial charge on any atom is 0.289 e. The number of nitro benzene ring substituents is 3. The number of pyridine rings is 2. The largest absolute Gasteiger partial charge is 0.486 e. The summed E-state index contributed by atoms with van der Waals surface area (Å²) in [6.07, 6.45) is 13.6. The first-order chi connectivity index (χ1) is 47.8. The normalized spacial score (nSPS) is 19.4. The minimum absolute atomic E-state index is 0.233. The number of aromatic nitrogens is 2. The fourth-order valence-corrected chi connectivity index (χ4v) is 17.1. The molecule has 0 unspecified atom stereocenters. The van der Waals surface area contributed by atoms with Gasteiger partial charge in [0.2, 0.25) is 30.1 Å². The third-order valence-electron chi connectivity index (χ3n) is 18.9. The summed E-state index contributed by atoms with van der Waals surface area (Å²) in [5.74, 6) is 3.95. The summed E-state index contributed by atoms with van der Waals surface area (Å²) >= 11 is 0. The lowest BCUT2D eigenvalue weighted by molar-refractivity contribution is -0.388. The van der Waals surface area contributed by atoms with E-state index in [-0.39, 0.29) is 32.4 Å². The van der Waals surface area contributed by atoms with Crippen molar-refractivity contribution in [1.29, 1.82) is 0 Å². The van der Waals surface area contributed by atoms with Crippen LogP contribution in [-0.2, 0) is 49.7 Å². The Hall–Kier alpha value is -8.45. The van der Waals surface area contributed by atoms with Gasteiger partial charge in [0.25, 0.3) is 17.1 Å². The number of fused-ring (bicyclic) bond motifs is 3. The van der Waals surface area contributed by atoms with E-state index in [1.165, 1.54) is 83.7 Å². The molecular formula is C71H85N11O14S3. The van der Waals surface area contributed by atoms with Gasteiger partial charge in [-0.05, 0) is 198 Å². The Bertz CT molecular complexity index is 4400. The monoisotopic (exact) mass is 1410 g/mol. The number of nitrogens with zero attached hydrogens (tertiary/aromatic N) is 5. The van der Waals surface area contributed by atoms with E-state index in [9.17, 15) is 55.6 Å². The molecule has 0 saturated heterocycles. The standard InChI is InChI=1S/2C24H28N4O4S.C23H29N3O6S/c29-28(30)23-7-3-4-8-24(23)33(31,32)27-16-19-11-9-18(10-12-19)15-25-17-20-13-14-26-22-6-2-1-5-21(20)22;29-28(30)23-7-3-4-8-24(23)33(31,32)26-16-19-11-9-18(10-12-19)15-25-17-21-14-13-20-5-1-2-6-22(20)27-21;27-26(28)20-3-1-2-4-23(20)33(29,30)25-16-18-7-5-17(6-8-18)14-24-15-19-9-10-21-22(13-19)32-12-11-31-21/h1-8,13-14,18-19,25,27H,9-12,15-17H2;1-8,13-14,18-19,25-26H,9-12,15-17H2;1-4,9-10,13,17-18,24-25H,5-8,11-12,14-16H2. The van der Waals surface area contributed by atoms with Gasteiger partial charge in [-0.15, -0.1) is 0 Å². The molecule has 3 fully saturated rings. The number of hydrogen-bond acceptors (Lipinski definition) is 19. The summed E-state index contributed by atoms with van der Waals surface area (Å²) in [6, 6.07) is 44.7. The Balaban J connectivity index is 0.000000161. The first-order valence-corrected chi connectivity index (χ1v) is 38.1. The molecule has 0 bridgehead atoms. The second-order valence-corrected chi connectivity index (χ2v) is 30.9. The number of para-hydroxylation sites is 5. The van der Waals surface area contributed by atoms with Crippen LogP contribution in [0.15, 0.2) is 179 Å². The molecule has 8 aromatic rings. The van der Waals surface area contributed by atoms with Gasteiger partial charge < -0.3 is 25.4 Å². The molecule has 28 heteroatoms. The number of nitrogens with one attached hydrogen (secondary N) is 6. The zero-order chi connectivity index (χ0) is 69.8. The third kappa shape index (κ3) is 20.8. The van der Waals surface area contributed by atoms with Crippen molar-refractivity contribution in [2.75, 3.05) is 52.5 Å². The molecule has 0 radical (unpaired) electrons. The average Bonchev–Trinajstić information content (AvgIpc) is 0.848. The van der Waals surface area contributed by atoms with Gasteiger partial charge in [0, 0.05) is 74.4 Å². The zero-order valence-electron chi connectivity index (χ0n) is 55.0. The summed E-state index contributed by atoms with van der Waals surface area (Å²) < 4.78 is 94.5. The molecule has 526 valence electrons. The summed E-state index contributed by atoms with van der Waals surface area (Å²) in [5, 5.41) is 46.3. The molecule has 1 aliphatic heterocycles. The summed E-state index contributed by atoms with van der Waals surface area (Å²) in [7, 11) is -11.8. The van der Waals surface area contributed by atoms with Crippen LogP contribution in [0.5, 0.6) is 11.5 Å². The number of ether oxygens (including phenoxy) is 2. The van der Waals surface area contributed by atoms with Gasteiger partial charge in [0.1, 0.15) is 13.2 Å². The first-order valence-electron chi connectivity index (χ1n) is 33.7. The molecule has 3 heterocycles. The Labute approximate surface area is 577 Å². The van der Waals surface area contributed by atoms with Crippen molar-refractivity contribution in [3.05, 3.63) is 211 Å². The first kappa shape index (κ1) is 73.3. The second-order valence-electron chi connectivity index (χ2n) is 25.7. The molecule has 4 aliphatic rings. The lowest BCUT2D eigenvalue weighted by Gasteiger charge is -2.28. The quantitative estimate of drug-likeness (QED) is 0.0206. The van der Waals surface area contributed by atoms with E-state index < -0.39 is 61.9 Å². The molecule has 6 N–H and O–H groups in total. The predicted octanol–water partition coefficient (Wildman–Crippen LogP) is 11.3. The van der Waals surface area contributed by atoms with Gasteiger partial charge >= 0.3 is 0 Å². The molecule has 2 aromatic heterocycles. The SMILES string of the molecule is O=[N+]([O-])c1ccccc1S(=O)(=O)NCC1CCC(CNCc2ccc3c(c2)OCCO3)CC1.O=[N+]([O-])c1ccccc1S(=O)(=O)NCC1CCC(CNCc2ccc3ccccc3n2)CC1.O=[N+]([O-])c1ccccc1S(=O)(=O)NCC1CCC(CNCc2ccnc3ccccc23)CC1. The molecule has 25 nitrogen and oxygen atoms in total. The predicted molar refractivity (Wildman–Crippen MR) is 377 cm³/mol. The van der Waals surface area contributed by atoms with Gasteiger partial charge in [-0.1, -0.05) is 84.9 Å². The number of nitro groups is 3. The van der Waals surface area contributed by atoms with E-state index >= 15 is 0 Å². The Morgan fingerprint density at radius 1 is 0.404 bits per heavy atom. The summed E-state index contributed by atoms with van der Waals surface area (Å²) in [4.78, 5) is 39.7. The maximum atomic E-state index is 12.6. The van der Waals surface area contributed by atoms with Crippen molar-refractivity contribution < 1.29 is 49.5 Å². The Morgan fingerprint density at radius 2 is 0.798 bits per heavy atom. The minimum Gasteiger partial charge on any atom is -0.486 e. The van der Waals surface area contributed by atoms with Crippen LogP contribution in [0.3, 0.4) is 0 Å². The minimum atomic E-state index is -3.92. The van der Waals surface area contributed by atoms with Crippen LogP contribution in [0.25, 0.3) is 21.8 Å². The molecule has 3 aliphatic carbocycles. The van der Waals surface area contributed by atoms with Gasteiger partial charge in [-0.25, -0.2) is 39.4 Å². The van der Waals surface area contributed by atoms with Crippen LogP contribution < -0.4 is 39.6 Å². The highest BCUT2D eigenvalue weighted by molar-refractivity contribution is 7.90. The van der Waals surface area contributed by atoms with E-state index in [0.717, 1.165) is 155 Å². The van der Waals surface area contributed by atoms with Crippen LogP contribution in [-0.4, -0.2) is 102 Å². The lowest BCUT2D eigenvalue weighted by Crippen LogP contribution is -2.33. The fraction of sp³-hybridized carbons (Fsp3) is 0.408. The smallest absolute Gasteiger partial charge is 0.289 e. The average molecular weight is 1410 g/mol. The van der Waals surface area contributed by atoms with E-state index in [4.69, 9.17) is 9.47 Å². The highest BCUT2D eigenvalue weighted by Crippen LogP contribution is 2.35. The molecule has 99 heavy (non-hydrogen) atoms. The second kappa shape index (κ2) is 35.0. The molecule has 12 rings (SSSR count). The number of sulfonamides is 3. The van der Waals surface area contributed by atoms with Crippen LogP contribution in [0, 0.1) is 65.9 Å².